The average molecular weight is 309 g/mol. The van der Waals surface area contributed by atoms with Crippen LogP contribution in [0.5, 0.6) is 0 Å². The molecular formula is C16H14Cl2O2. The fourth-order valence-corrected chi connectivity index (χ4v) is 2.43. The SMILES string of the molecule is CCC(C(=O)O)c1ccc(-c2ccc(Cl)c(Cl)c2)cc1. The van der Waals surface area contributed by atoms with Crippen LogP contribution in [0.15, 0.2) is 42.5 Å². The van der Waals surface area contributed by atoms with E-state index in [9.17, 15) is 4.79 Å². The van der Waals surface area contributed by atoms with Gasteiger partial charge in [-0.25, -0.2) is 0 Å². The number of hydrogen-bond acceptors (Lipinski definition) is 1. The molecule has 0 heterocycles. The van der Waals surface area contributed by atoms with Crippen LogP contribution < -0.4 is 0 Å². The van der Waals surface area contributed by atoms with Gasteiger partial charge < -0.3 is 5.11 Å². The van der Waals surface area contributed by atoms with E-state index in [1.54, 1.807) is 12.1 Å². The molecule has 1 atom stereocenters. The number of hydrogen-bond donors (Lipinski definition) is 1. The largest absolute Gasteiger partial charge is 0.481 e. The molecule has 0 aliphatic heterocycles. The van der Waals surface area contributed by atoms with E-state index in [1.165, 1.54) is 0 Å². The van der Waals surface area contributed by atoms with Gasteiger partial charge in [0.2, 0.25) is 0 Å². The Hall–Kier alpha value is -1.51. The van der Waals surface area contributed by atoms with Crippen molar-refractivity contribution in [2.75, 3.05) is 0 Å². The van der Waals surface area contributed by atoms with Gasteiger partial charge >= 0.3 is 5.97 Å². The zero-order valence-corrected chi connectivity index (χ0v) is 12.4. The molecule has 4 heteroatoms. The smallest absolute Gasteiger partial charge is 0.310 e. The van der Waals surface area contributed by atoms with Crippen molar-refractivity contribution in [2.24, 2.45) is 0 Å². The number of carbonyl (C=O) groups is 1. The summed E-state index contributed by atoms with van der Waals surface area (Å²) in [5, 5.41) is 10.2. The molecule has 0 bridgehead atoms. The summed E-state index contributed by atoms with van der Waals surface area (Å²) in [4.78, 5) is 11.1. The molecule has 1 unspecified atom stereocenters. The van der Waals surface area contributed by atoms with E-state index in [2.05, 4.69) is 0 Å². The normalized spacial score (nSPS) is 12.2. The second-order valence-corrected chi connectivity index (χ2v) is 5.36. The van der Waals surface area contributed by atoms with Gasteiger partial charge in [-0.1, -0.05) is 60.5 Å². The molecule has 2 rings (SSSR count). The second-order valence-electron chi connectivity index (χ2n) is 4.55. The monoisotopic (exact) mass is 308 g/mol. The molecule has 0 saturated heterocycles. The highest BCUT2D eigenvalue weighted by Gasteiger charge is 2.17. The van der Waals surface area contributed by atoms with Crippen LogP contribution in [0.2, 0.25) is 10.0 Å². The van der Waals surface area contributed by atoms with E-state index < -0.39 is 11.9 Å². The van der Waals surface area contributed by atoms with Gasteiger partial charge in [0.05, 0.1) is 16.0 Å². The molecule has 2 aromatic rings. The summed E-state index contributed by atoms with van der Waals surface area (Å²) in [7, 11) is 0. The fraction of sp³-hybridized carbons (Fsp3) is 0.188. The van der Waals surface area contributed by atoms with E-state index in [1.807, 2.05) is 37.3 Å². The Morgan fingerprint density at radius 3 is 2.15 bits per heavy atom. The topological polar surface area (TPSA) is 37.3 Å². The Kier molecular flexibility index (Phi) is 4.69. The molecular weight excluding hydrogens is 295 g/mol. The van der Waals surface area contributed by atoms with Crippen molar-refractivity contribution in [2.45, 2.75) is 19.3 Å². The summed E-state index contributed by atoms with van der Waals surface area (Å²) in [5.74, 6) is -1.26. The summed E-state index contributed by atoms with van der Waals surface area (Å²) in [6.07, 6.45) is 0.571. The first-order valence-corrected chi connectivity index (χ1v) is 7.06. The number of benzene rings is 2. The number of carboxylic acid groups (broad SMARTS) is 1. The van der Waals surface area contributed by atoms with Crippen LogP contribution in [0.1, 0.15) is 24.8 Å². The minimum absolute atomic E-state index is 0.460. The van der Waals surface area contributed by atoms with Gasteiger partial charge in [0.1, 0.15) is 0 Å². The number of halogens is 2. The van der Waals surface area contributed by atoms with Gasteiger partial charge in [0.25, 0.3) is 0 Å². The van der Waals surface area contributed by atoms with Crippen LogP contribution in [0.4, 0.5) is 0 Å². The molecule has 1 N–H and O–H groups in total. The molecule has 20 heavy (non-hydrogen) atoms. The predicted octanol–water partition coefficient (Wildman–Crippen LogP) is 5.24. The minimum atomic E-state index is -0.796. The molecule has 0 aromatic heterocycles. The maximum absolute atomic E-state index is 11.1. The Balaban J connectivity index is 2.32. The molecule has 2 nitrogen and oxygen atoms in total. The van der Waals surface area contributed by atoms with Crippen LogP contribution in [0.3, 0.4) is 0 Å². The van der Waals surface area contributed by atoms with Crippen LogP contribution in [0.25, 0.3) is 11.1 Å². The molecule has 0 aliphatic rings. The van der Waals surface area contributed by atoms with E-state index in [4.69, 9.17) is 28.3 Å². The van der Waals surface area contributed by atoms with Crippen molar-refractivity contribution >= 4 is 29.2 Å². The first kappa shape index (κ1) is 14.9. The third-order valence-corrected chi connectivity index (χ3v) is 4.01. The van der Waals surface area contributed by atoms with Crippen LogP contribution in [0, 0.1) is 0 Å². The highest BCUT2D eigenvalue weighted by atomic mass is 35.5. The number of carboxylic acids is 1. The van der Waals surface area contributed by atoms with Crippen LogP contribution in [-0.2, 0) is 4.79 Å². The first-order chi connectivity index (χ1) is 9.52. The first-order valence-electron chi connectivity index (χ1n) is 6.31. The van der Waals surface area contributed by atoms with Gasteiger partial charge in [0.15, 0.2) is 0 Å². The van der Waals surface area contributed by atoms with Crippen molar-refractivity contribution < 1.29 is 9.90 Å². The fourth-order valence-electron chi connectivity index (χ4n) is 2.14. The van der Waals surface area contributed by atoms with Gasteiger partial charge in [-0.05, 0) is 35.2 Å². The molecule has 0 radical (unpaired) electrons. The van der Waals surface area contributed by atoms with E-state index in [0.717, 1.165) is 16.7 Å². The third kappa shape index (κ3) is 3.14. The van der Waals surface area contributed by atoms with E-state index in [0.29, 0.717) is 16.5 Å². The van der Waals surface area contributed by atoms with Gasteiger partial charge in [0, 0.05) is 0 Å². The predicted molar refractivity (Wildman–Crippen MR) is 82.6 cm³/mol. The van der Waals surface area contributed by atoms with Gasteiger partial charge in [-0.3, -0.25) is 4.79 Å². The molecule has 0 aliphatic carbocycles. The zero-order chi connectivity index (χ0) is 14.7. The standard InChI is InChI=1S/C16H14Cl2O2/c1-2-13(16(19)20)11-5-3-10(4-6-11)12-7-8-14(17)15(18)9-12/h3-9,13H,2H2,1H3,(H,19,20). The van der Waals surface area contributed by atoms with Crippen molar-refractivity contribution in [1.82, 2.24) is 0 Å². The molecule has 0 saturated carbocycles. The van der Waals surface area contributed by atoms with Crippen molar-refractivity contribution in [3.8, 4) is 11.1 Å². The van der Waals surface area contributed by atoms with Crippen LogP contribution >= 0.6 is 23.2 Å². The number of rotatable bonds is 4. The quantitative estimate of drug-likeness (QED) is 0.838. The Bertz CT molecular complexity index is 621. The highest BCUT2D eigenvalue weighted by molar-refractivity contribution is 6.42. The van der Waals surface area contributed by atoms with Crippen LogP contribution in [-0.4, -0.2) is 11.1 Å². The summed E-state index contributed by atoms with van der Waals surface area (Å²) in [6.45, 7) is 1.87. The molecule has 0 fully saturated rings. The van der Waals surface area contributed by atoms with E-state index in [-0.39, 0.29) is 0 Å². The summed E-state index contributed by atoms with van der Waals surface area (Å²) in [5.41, 5.74) is 2.74. The summed E-state index contributed by atoms with van der Waals surface area (Å²) < 4.78 is 0. The number of aliphatic carboxylic acids is 1. The minimum Gasteiger partial charge on any atom is -0.481 e. The van der Waals surface area contributed by atoms with E-state index >= 15 is 0 Å². The van der Waals surface area contributed by atoms with Crippen molar-refractivity contribution in [3.63, 3.8) is 0 Å². The third-order valence-electron chi connectivity index (χ3n) is 3.27. The molecule has 0 amide bonds. The highest BCUT2D eigenvalue weighted by Crippen LogP contribution is 2.29. The lowest BCUT2D eigenvalue weighted by atomic mass is 9.94. The van der Waals surface area contributed by atoms with Gasteiger partial charge in [-0.15, -0.1) is 0 Å². The Morgan fingerprint density at radius 2 is 1.65 bits per heavy atom. The zero-order valence-electron chi connectivity index (χ0n) is 10.9. The molecule has 0 spiro atoms. The maximum atomic E-state index is 11.1. The second kappa shape index (κ2) is 6.29. The van der Waals surface area contributed by atoms with Crippen molar-refractivity contribution in [1.29, 1.82) is 0 Å². The average Bonchev–Trinajstić information content (AvgIpc) is 2.43. The lowest BCUT2D eigenvalue weighted by Crippen LogP contribution is -2.10. The maximum Gasteiger partial charge on any atom is 0.310 e. The van der Waals surface area contributed by atoms with Crippen molar-refractivity contribution in [3.05, 3.63) is 58.1 Å². The lowest BCUT2D eigenvalue weighted by molar-refractivity contribution is -0.138. The Morgan fingerprint density at radius 1 is 1.05 bits per heavy atom. The summed E-state index contributed by atoms with van der Waals surface area (Å²) in [6, 6.07) is 12.9. The molecule has 104 valence electrons. The lowest BCUT2D eigenvalue weighted by Gasteiger charge is -2.11. The summed E-state index contributed by atoms with van der Waals surface area (Å²) >= 11 is 11.9. The Labute approximate surface area is 128 Å². The molecule has 2 aromatic carbocycles. The van der Waals surface area contributed by atoms with Gasteiger partial charge in [-0.2, -0.15) is 0 Å².